The van der Waals surface area contributed by atoms with E-state index in [-0.39, 0.29) is 30.9 Å². The fraction of sp³-hybridized carbons (Fsp3) is 0.600. The molecule has 1 aromatic rings. The first-order valence-corrected chi connectivity index (χ1v) is 11.3. The molecule has 14 heteroatoms. The summed E-state index contributed by atoms with van der Waals surface area (Å²) < 4.78 is 0. The molecule has 1 aromatic heterocycles. The van der Waals surface area contributed by atoms with Crippen molar-refractivity contribution in [3.8, 4) is 0 Å². The Morgan fingerprint density at radius 1 is 1.09 bits per heavy atom. The van der Waals surface area contributed by atoms with Gasteiger partial charge in [-0.05, 0) is 12.3 Å². The fourth-order valence-electron chi connectivity index (χ4n) is 2.92. The third-order valence-electron chi connectivity index (χ3n) is 5.21. The van der Waals surface area contributed by atoms with Crippen LogP contribution in [0.25, 0.3) is 0 Å². The maximum absolute atomic E-state index is 13.0. The monoisotopic (exact) mass is 500 g/mol. The van der Waals surface area contributed by atoms with Crippen molar-refractivity contribution in [2.45, 2.75) is 63.7 Å². The van der Waals surface area contributed by atoms with Crippen molar-refractivity contribution in [1.82, 2.24) is 25.9 Å². The Morgan fingerprint density at radius 2 is 1.71 bits per heavy atom. The number of carboxylic acids is 2. The van der Waals surface area contributed by atoms with E-state index in [1.807, 2.05) is 0 Å². The van der Waals surface area contributed by atoms with Crippen molar-refractivity contribution in [3.05, 3.63) is 18.2 Å². The van der Waals surface area contributed by atoms with Crippen LogP contribution in [-0.4, -0.2) is 79.8 Å². The van der Waals surface area contributed by atoms with Gasteiger partial charge in [0.15, 0.2) is 0 Å². The minimum absolute atomic E-state index is 0.0191. The Labute approximate surface area is 202 Å². The number of H-pyrrole nitrogens is 1. The predicted octanol–water partition coefficient (Wildman–Crippen LogP) is -1.34. The van der Waals surface area contributed by atoms with E-state index in [2.05, 4.69) is 38.5 Å². The molecule has 8 N–H and O–H groups in total. The molecule has 0 aliphatic rings. The summed E-state index contributed by atoms with van der Waals surface area (Å²) in [5.41, 5.74) is 6.24. The third-order valence-corrected chi connectivity index (χ3v) is 5.58. The van der Waals surface area contributed by atoms with Gasteiger partial charge in [0.2, 0.25) is 17.7 Å². The van der Waals surface area contributed by atoms with Crippen molar-refractivity contribution in [2.75, 3.05) is 5.75 Å². The highest BCUT2D eigenvalue weighted by atomic mass is 32.1. The molecule has 0 bridgehead atoms. The summed E-state index contributed by atoms with van der Waals surface area (Å²) in [7, 11) is 0. The summed E-state index contributed by atoms with van der Waals surface area (Å²) in [6, 6.07) is -4.67. The van der Waals surface area contributed by atoms with Crippen LogP contribution >= 0.6 is 12.6 Å². The standard InChI is InChI=1S/C20H32N6O7S/c1-3-10(2)16(20(32)33)26-19(31)14(8-34)25-18(30)13(6-11-7-22-9-23-11)24-17(29)12(21)4-5-15(27)28/h7,9-10,12-14,16,34H,3-6,8,21H2,1-2H3,(H,22,23)(H,24,29)(H,25,30)(H,26,31)(H,27,28)(H,32,33). The molecular weight excluding hydrogens is 468 g/mol. The molecule has 0 spiro atoms. The van der Waals surface area contributed by atoms with Gasteiger partial charge in [0.1, 0.15) is 18.1 Å². The highest BCUT2D eigenvalue weighted by Gasteiger charge is 2.31. The van der Waals surface area contributed by atoms with Crippen LogP contribution in [0.2, 0.25) is 0 Å². The summed E-state index contributed by atoms with van der Waals surface area (Å²) in [6.45, 7) is 3.46. The average molecular weight is 501 g/mol. The molecule has 1 heterocycles. The van der Waals surface area contributed by atoms with Crippen molar-refractivity contribution in [2.24, 2.45) is 11.7 Å². The fourth-order valence-corrected chi connectivity index (χ4v) is 3.17. The molecule has 0 aliphatic carbocycles. The van der Waals surface area contributed by atoms with Gasteiger partial charge in [0.05, 0.1) is 12.4 Å². The van der Waals surface area contributed by atoms with Crippen molar-refractivity contribution < 1.29 is 34.2 Å². The number of thiol groups is 1. The van der Waals surface area contributed by atoms with Crippen LogP contribution < -0.4 is 21.7 Å². The lowest BCUT2D eigenvalue weighted by Gasteiger charge is -2.25. The number of hydrogen-bond donors (Lipinski definition) is 8. The van der Waals surface area contributed by atoms with E-state index >= 15 is 0 Å². The zero-order valence-corrected chi connectivity index (χ0v) is 19.9. The van der Waals surface area contributed by atoms with E-state index in [4.69, 9.17) is 10.8 Å². The van der Waals surface area contributed by atoms with Gasteiger partial charge >= 0.3 is 11.9 Å². The van der Waals surface area contributed by atoms with Crippen LogP contribution in [0, 0.1) is 5.92 Å². The first kappa shape index (κ1) is 28.9. The lowest BCUT2D eigenvalue weighted by atomic mass is 9.99. The number of aromatic nitrogens is 2. The summed E-state index contributed by atoms with van der Waals surface area (Å²) in [5, 5.41) is 25.5. The van der Waals surface area contributed by atoms with Gasteiger partial charge in [-0.15, -0.1) is 0 Å². The van der Waals surface area contributed by atoms with Crippen LogP contribution in [0.3, 0.4) is 0 Å². The Bertz CT molecular complexity index is 850. The maximum Gasteiger partial charge on any atom is 0.326 e. The first-order valence-electron chi connectivity index (χ1n) is 10.7. The van der Waals surface area contributed by atoms with Crippen LogP contribution in [0.4, 0.5) is 0 Å². The van der Waals surface area contributed by atoms with Crippen LogP contribution in [0.15, 0.2) is 12.5 Å². The van der Waals surface area contributed by atoms with Gasteiger partial charge in [-0.2, -0.15) is 12.6 Å². The third kappa shape index (κ3) is 9.39. The number of nitrogens with two attached hydrogens (primary N) is 1. The molecule has 0 aromatic carbocycles. The normalized spacial score (nSPS) is 15.3. The minimum atomic E-state index is -1.20. The van der Waals surface area contributed by atoms with Gasteiger partial charge in [0, 0.05) is 30.5 Å². The van der Waals surface area contributed by atoms with E-state index in [9.17, 15) is 29.1 Å². The number of aliphatic carboxylic acids is 2. The highest BCUT2D eigenvalue weighted by Crippen LogP contribution is 2.09. The molecule has 5 atom stereocenters. The molecule has 1 rings (SSSR count). The molecule has 0 aliphatic heterocycles. The van der Waals surface area contributed by atoms with Gasteiger partial charge < -0.3 is 36.9 Å². The number of amides is 3. The molecule has 0 fully saturated rings. The number of aromatic amines is 1. The number of carboxylic acid groups (broad SMARTS) is 2. The Morgan fingerprint density at radius 3 is 2.21 bits per heavy atom. The molecule has 34 heavy (non-hydrogen) atoms. The maximum atomic E-state index is 13.0. The van der Waals surface area contributed by atoms with E-state index in [0.717, 1.165) is 0 Å². The van der Waals surface area contributed by atoms with E-state index in [1.54, 1.807) is 13.8 Å². The van der Waals surface area contributed by atoms with Crippen molar-refractivity contribution in [1.29, 1.82) is 0 Å². The second-order valence-electron chi connectivity index (χ2n) is 7.83. The van der Waals surface area contributed by atoms with Gasteiger partial charge in [0.25, 0.3) is 0 Å². The van der Waals surface area contributed by atoms with E-state index in [0.29, 0.717) is 12.1 Å². The minimum Gasteiger partial charge on any atom is -0.481 e. The van der Waals surface area contributed by atoms with Crippen molar-refractivity contribution in [3.63, 3.8) is 0 Å². The molecule has 0 radical (unpaired) electrons. The van der Waals surface area contributed by atoms with E-state index < -0.39 is 53.8 Å². The summed E-state index contributed by atoms with van der Waals surface area (Å²) in [5.74, 6) is -5.01. The van der Waals surface area contributed by atoms with Gasteiger partial charge in [-0.25, -0.2) is 9.78 Å². The van der Waals surface area contributed by atoms with E-state index in [1.165, 1.54) is 12.5 Å². The smallest absolute Gasteiger partial charge is 0.326 e. The molecule has 0 saturated carbocycles. The van der Waals surface area contributed by atoms with Crippen molar-refractivity contribution >= 4 is 42.3 Å². The number of nitrogens with zero attached hydrogens (tertiary/aromatic N) is 1. The molecule has 13 nitrogen and oxygen atoms in total. The Hall–Kier alpha value is -3.13. The molecule has 190 valence electrons. The SMILES string of the molecule is CCC(C)C(NC(=O)C(CS)NC(=O)C(Cc1cnc[nH]1)NC(=O)C(N)CCC(=O)O)C(=O)O. The van der Waals surface area contributed by atoms with Crippen LogP contribution in [-0.2, 0) is 30.4 Å². The second-order valence-corrected chi connectivity index (χ2v) is 8.20. The second kappa shape index (κ2) is 14.2. The lowest BCUT2D eigenvalue weighted by Crippen LogP contribution is -2.58. The number of nitrogens with one attached hydrogen (secondary N) is 4. The molecule has 3 amide bonds. The summed E-state index contributed by atoms with van der Waals surface area (Å²) in [6.07, 6.45) is 2.87. The van der Waals surface area contributed by atoms with Crippen LogP contribution in [0.1, 0.15) is 38.8 Å². The zero-order chi connectivity index (χ0) is 25.8. The largest absolute Gasteiger partial charge is 0.481 e. The lowest BCUT2D eigenvalue weighted by molar-refractivity contribution is -0.143. The topological polar surface area (TPSA) is 217 Å². The number of carbonyl (C=O) groups is 5. The number of imidazole rings is 1. The molecule has 0 saturated heterocycles. The molecular formula is C20H32N6O7S. The first-order chi connectivity index (χ1) is 16.0. The Kier molecular flexibility index (Phi) is 12.1. The summed E-state index contributed by atoms with van der Waals surface area (Å²) in [4.78, 5) is 66.9. The summed E-state index contributed by atoms with van der Waals surface area (Å²) >= 11 is 4.08. The van der Waals surface area contributed by atoms with Crippen LogP contribution in [0.5, 0.6) is 0 Å². The van der Waals surface area contributed by atoms with Gasteiger partial charge in [-0.1, -0.05) is 20.3 Å². The zero-order valence-electron chi connectivity index (χ0n) is 19.0. The predicted molar refractivity (Wildman–Crippen MR) is 124 cm³/mol. The van der Waals surface area contributed by atoms with Gasteiger partial charge in [-0.3, -0.25) is 19.2 Å². The highest BCUT2D eigenvalue weighted by molar-refractivity contribution is 7.80. The average Bonchev–Trinajstić information content (AvgIpc) is 3.30. The molecule has 5 unspecified atom stereocenters. The number of hydrogen-bond acceptors (Lipinski definition) is 8. The quantitative estimate of drug-likeness (QED) is 0.133. The Balaban J connectivity index is 2.93. The number of carbonyl (C=O) groups excluding carboxylic acids is 3. The number of rotatable bonds is 15.